The molecule has 2 heterocycles. The van der Waals surface area contributed by atoms with Gasteiger partial charge in [-0.15, -0.1) is 0 Å². The number of aromatic nitrogens is 1. The van der Waals surface area contributed by atoms with E-state index in [1.54, 1.807) is 24.4 Å². The minimum absolute atomic E-state index is 0.188. The number of esters is 1. The Labute approximate surface area is 197 Å². The average Bonchev–Trinajstić information content (AvgIpc) is 3.22. The summed E-state index contributed by atoms with van der Waals surface area (Å²) in [5.74, 6) is -1.25. The van der Waals surface area contributed by atoms with Crippen molar-refractivity contribution in [2.45, 2.75) is 5.92 Å². The third kappa shape index (κ3) is 4.09. The quantitative estimate of drug-likeness (QED) is 0.328. The third-order valence-corrected chi connectivity index (χ3v) is 5.76. The number of anilines is 1. The molecule has 4 aromatic rings. The second kappa shape index (κ2) is 9.11. The van der Waals surface area contributed by atoms with Crippen LogP contribution in [0.25, 0.3) is 11.1 Å². The molecular weight excluding hydrogens is 426 g/mol. The summed E-state index contributed by atoms with van der Waals surface area (Å²) in [6, 6.07) is 26.5. The van der Waals surface area contributed by atoms with Crippen LogP contribution in [0.1, 0.15) is 27.4 Å². The lowest BCUT2D eigenvalue weighted by Crippen LogP contribution is -2.21. The van der Waals surface area contributed by atoms with Crippen molar-refractivity contribution < 1.29 is 14.3 Å². The van der Waals surface area contributed by atoms with E-state index in [1.165, 1.54) is 7.11 Å². The van der Waals surface area contributed by atoms with Crippen molar-refractivity contribution in [3.8, 4) is 11.1 Å². The van der Waals surface area contributed by atoms with Crippen LogP contribution in [-0.4, -0.2) is 29.7 Å². The topological polar surface area (TPSA) is 80.6 Å². The summed E-state index contributed by atoms with van der Waals surface area (Å²) < 4.78 is 4.81. The number of hydrogen-bond donors (Lipinski definition) is 1. The molecule has 6 heteroatoms. The first kappa shape index (κ1) is 21.3. The standard InChI is InChI=1S/C28H21N3O3/c1-34-28(33)20-11-14-23-24(16-20)31-27(32)25(23)26(19-6-3-2-4-7-19)30-22-12-9-18(10-13-22)21-8-5-15-29-17-21/h2-17,25H,1H3,(H,31,32). The molecule has 1 atom stereocenters. The second-order valence-electron chi connectivity index (χ2n) is 7.87. The Morgan fingerprint density at radius 3 is 2.41 bits per heavy atom. The first-order valence-electron chi connectivity index (χ1n) is 10.8. The predicted octanol–water partition coefficient (Wildman–Crippen LogP) is 5.39. The van der Waals surface area contributed by atoms with Gasteiger partial charge in [-0.1, -0.05) is 54.6 Å². The molecule has 0 saturated heterocycles. The fourth-order valence-electron chi connectivity index (χ4n) is 4.08. The number of rotatable bonds is 5. The van der Waals surface area contributed by atoms with E-state index in [1.807, 2.05) is 72.9 Å². The summed E-state index contributed by atoms with van der Waals surface area (Å²) in [4.78, 5) is 34.1. The molecule has 0 bridgehead atoms. The first-order valence-corrected chi connectivity index (χ1v) is 10.8. The van der Waals surface area contributed by atoms with Crippen LogP contribution >= 0.6 is 0 Å². The van der Waals surface area contributed by atoms with Gasteiger partial charge in [-0.05, 0) is 52.6 Å². The van der Waals surface area contributed by atoms with E-state index in [2.05, 4.69) is 10.3 Å². The van der Waals surface area contributed by atoms with Gasteiger partial charge in [0.05, 0.1) is 24.1 Å². The van der Waals surface area contributed by atoms with Crippen LogP contribution in [0.15, 0.2) is 102 Å². The van der Waals surface area contributed by atoms with Gasteiger partial charge in [0, 0.05) is 18.1 Å². The van der Waals surface area contributed by atoms with Gasteiger partial charge in [-0.25, -0.2) is 4.79 Å². The van der Waals surface area contributed by atoms with E-state index in [0.29, 0.717) is 17.0 Å². The molecule has 1 aliphatic heterocycles. The number of pyridine rings is 1. The van der Waals surface area contributed by atoms with Gasteiger partial charge in [0.25, 0.3) is 0 Å². The molecule has 0 spiro atoms. The minimum atomic E-state index is -0.609. The summed E-state index contributed by atoms with van der Waals surface area (Å²) in [5.41, 5.74) is 6.02. The molecule has 34 heavy (non-hydrogen) atoms. The maximum atomic E-state index is 13.1. The number of ether oxygens (including phenoxy) is 1. The van der Waals surface area contributed by atoms with Crippen molar-refractivity contribution in [3.05, 3.63) is 114 Å². The van der Waals surface area contributed by atoms with Crippen molar-refractivity contribution in [3.63, 3.8) is 0 Å². The molecule has 166 valence electrons. The lowest BCUT2D eigenvalue weighted by atomic mass is 9.90. The maximum absolute atomic E-state index is 13.1. The van der Waals surface area contributed by atoms with E-state index in [9.17, 15) is 9.59 Å². The smallest absolute Gasteiger partial charge is 0.337 e. The fraction of sp³-hybridized carbons (Fsp3) is 0.0714. The largest absolute Gasteiger partial charge is 0.465 e. The Hall–Kier alpha value is -4.58. The van der Waals surface area contributed by atoms with Crippen molar-refractivity contribution in [1.29, 1.82) is 0 Å². The lowest BCUT2D eigenvalue weighted by molar-refractivity contribution is -0.115. The minimum Gasteiger partial charge on any atom is -0.465 e. The number of nitrogens with zero attached hydrogens (tertiary/aromatic N) is 2. The van der Waals surface area contributed by atoms with E-state index in [0.717, 1.165) is 27.9 Å². The molecule has 1 unspecified atom stereocenters. The van der Waals surface area contributed by atoms with E-state index in [4.69, 9.17) is 9.73 Å². The monoisotopic (exact) mass is 447 g/mol. The zero-order valence-corrected chi connectivity index (χ0v) is 18.4. The number of carbonyl (C=O) groups is 2. The van der Waals surface area contributed by atoms with Crippen LogP contribution < -0.4 is 5.32 Å². The highest BCUT2D eigenvalue weighted by Gasteiger charge is 2.35. The van der Waals surface area contributed by atoms with Crippen LogP contribution in [0.3, 0.4) is 0 Å². The molecular formula is C28H21N3O3. The highest BCUT2D eigenvalue weighted by molar-refractivity contribution is 6.24. The third-order valence-electron chi connectivity index (χ3n) is 5.76. The first-order chi connectivity index (χ1) is 16.6. The molecule has 1 aromatic heterocycles. The molecule has 6 nitrogen and oxygen atoms in total. The highest BCUT2D eigenvalue weighted by atomic mass is 16.5. The zero-order chi connectivity index (χ0) is 23.5. The van der Waals surface area contributed by atoms with Crippen LogP contribution in [0.5, 0.6) is 0 Å². The number of hydrogen-bond acceptors (Lipinski definition) is 5. The fourth-order valence-corrected chi connectivity index (χ4v) is 4.08. The summed E-state index contributed by atoms with van der Waals surface area (Å²) in [5, 5.41) is 2.90. The van der Waals surface area contributed by atoms with Crippen molar-refractivity contribution in [1.82, 2.24) is 4.98 Å². The number of carbonyl (C=O) groups excluding carboxylic acids is 2. The molecule has 0 fully saturated rings. The van der Waals surface area contributed by atoms with Gasteiger partial charge in [-0.3, -0.25) is 14.8 Å². The molecule has 5 rings (SSSR count). The Morgan fingerprint density at radius 1 is 0.912 bits per heavy atom. The number of aliphatic imine (C=N–C) groups is 1. The van der Waals surface area contributed by atoms with Crippen molar-refractivity contribution >= 4 is 29.0 Å². The summed E-state index contributed by atoms with van der Waals surface area (Å²) in [6.07, 6.45) is 3.56. The SMILES string of the molecule is COC(=O)c1ccc2c(c1)NC(=O)C2C(=Nc1ccc(-c2cccnc2)cc1)c1ccccc1. The normalized spacial score (nSPS) is 14.9. The van der Waals surface area contributed by atoms with E-state index < -0.39 is 11.9 Å². The van der Waals surface area contributed by atoms with Gasteiger partial charge in [-0.2, -0.15) is 0 Å². The summed E-state index contributed by atoms with van der Waals surface area (Å²) in [6.45, 7) is 0. The second-order valence-corrected chi connectivity index (χ2v) is 7.87. The van der Waals surface area contributed by atoms with Gasteiger partial charge < -0.3 is 10.1 Å². The summed E-state index contributed by atoms with van der Waals surface area (Å²) >= 11 is 0. The van der Waals surface area contributed by atoms with Crippen LogP contribution in [0.4, 0.5) is 11.4 Å². The molecule has 3 aromatic carbocycles. The number of methoxy groups -OCH3 is 1. The number of benzene rings is 3. The molecule has 1 amide bonds. The lowest BCUT2D eigenvalue weighted by Gasteiger charge is -2.14. The van der Waals surface area contributed by atoms with Crippen LogP contribution in [0.2, 0.25) is 0 Å². The molecule has 1 N–H and O–H groups in total. The Morgan fingerprint density at radius 2 is 1.71 bits per heavy atom. The number of nitrogens with one attached hydrogen (secondary N) is 1. The van der Waals surface area contributed by atoms with Crippen LogP contribution in [-0.2, 0) is 9.53 Å². The van der Waals surface area contributed by atoms with Crippen LogP contribution in [0, 0.1) is 0 Å². The highest BCUT2D eigenvalue weighted by Crippen LogP contribution is 2.37. The van der Waals surface area contributed by atoms with Gasteiger partial charge in [0.2, 0.25) is 5.91 Å². The van der Waals surface area contributed by atoms with E-state index >= 15 is 0 Å². The number of amides is 1. The Bertz CT molecular complexity index is 1380. The van der Waals surface area contributed by atoms with Gasteiger partial charge in [0.15, 0.2) is 0 Å². The van der Waals surface area contributed by atoms with Gasteiger partial charge in [0.1, 0.15) is 5.92 Å². The van der Waals surface area contributed by atoms with Crippen molar-refractivity contribution in [2.24, 2.45) is 4.99 Å². The Kier molecular flexibility index (Phi) is 5.70. The predicted molar refractivity (Wildman–Crippen MR) is 131 cm³/mol. The Balaban J connectivity index is 1.56. The molecule has 0 aliphatic carbocycles. The summed E-state index contributed by atoms with van der Waals surface area (Å²) in [7, 11) is 1.33. The number of fused-ring (bicyclic) bond motifs is 1. The maximum Gasteiger partial charge on any atom is 0.337 e. The van der Waals surface area contributed by atoms with Crippen molar-refractivity contribution in [2.75, 3.05) is 12.4 Å². The molecule has 0 radical (unpaired) electrons. The molecule has 1 aliphatic rings. The average molecular weight is 447 g/mol. The van der Waals surface area contributed by atoms with Gasteiger partial charge >= 0.3 is 5.97 Å². The van der Waals surface area contributed by atoms with E-state index in [-0.39, 0.29) is 5.91 Å². The molecule has 0 saturated carbocycles. The zero-order valence-electron chi connectivity index (χ0n) is 18.4.